The maximum Gasteiger partial charge on any atom is 0.220 e. The number of aromatic nitrogens is 3. The standard InChI is InChI=1S/C20H24N4O2/c1-13-16(9-10-19(25)21-12-15-6-5-11-26-15)14(2)24-20(22-13)17-7-3-4-8-18(17)23-24/h3-4,7-8,15H,5-6,9-12H2,1-2H3,(H,21,25)/t15-/m1/s1. The third kappa shape index (κ3) is 3.17. The van der Waals surface area contributed by atoms with E-state index in [1.54, 1.807) is 0 Å². The zero-order valence-electron chi connectivity index (χ0n) is 15.3. The number of ether oxygens (including phenoxy) is 1. The Hall–Kier alpha value is -2.47. The van der Waals surface area contributed by atoms with Crippen LogP contribution in [0.1, 0.15) is 36.2 Å². The Morgan fingerprint density at radius 1 is 1.35 bits per heavy atom. The lowest BCUT2D eigenvalue weighted by atomic mass is 10.1. The molecular formula is C20H24N4O2. The van der Waals surface area contributed by atoms with Crippen LogP contribution in [0, 0.1) is 13.8 Å². The zero-order chi connectivity index (χ0) is 18.1. The minimum Gasteiger partial charge on any atom is -0.376 e. The molecule has 1 fully saturated rings. The van der Waals surface area contributed by atoms with E-state index in [0.29, 0.717) is 19.4 Å². The van der Waals surface area contributed by atoms with E-state index in [1.165, 1.54) is 0 Å². The first kappa shape index (κ1) is 17.0. The monoisotopic (exact) mass is 352 g/mol. The number of amides is 1. The van der Waals surface area contributed by atoms with Crippen LogP contribution in [0.5, 0.6) is 0 Å². The molecular weight excluding hydrogens is 328 g/mol. The molecule has 6 nitrogen and oxygen atoms in total. The van der Waals surface area contributed by atoms with Crippen LogP contribution in [-0.2, 0) is 16.0 Å². The van der Waals surface area contributed by atoms with E-state index in [1.807, 2.05) is 42.6 Å². The summed E-state index contributed by atoms with van der Waals surface area (Å²) in [7, 11) is 0. The largest absolute Gasteiger partial charge is 0.376 e. The molecule has 1 aliphatic heterocycles. The number of carbonyl (C=O) groups is 1. The van der Waals surface area contributed by atoms with Gasteiger partial charge in [-0.15, -0.1) is 0 Å². The van der Waals surface area contributed by atoms with Crippen molar-refractivity contribution in [2.45, 2.75) is 45.6 Å². The lowest BCUT2D eigenvalue weighted by Gasteiger charge is -2.13. The zero-order valence-corrected chi connectivity index (χ0v) is 15.3. The molecule has 0 aliphatic carbocycles. The van der Waals surface area contributed by atoms with Crippen LogP contribution in [0.4, 0.5) is 0 Å². The van der Waals surface area contributed by atoms with Crippen LogP contribution < -0.4 is 5.32 Å². The van der Waals surface area contributed by atoms with Gasteiger partial charge in [0.2, 0.25) is 5.91 Å². The number of hydrogen-bond acceptors (Lipinski definition) is 4. The fourth-order valence-corrected chi connectivity index (χ4v) is 3.70. The summed E-state index contributed by atoms with van der Waals surface area (Å²) in [4.78, 5) is 17.0. The normalized spacial score (nSPS) is 17.2. The predicted octanol–water partition coefficient (Wildman–Crippen LogP) is 2.73. The lowest BCUT2D eigenvalue weighted by Crippen LogP contribution is -2.32. The van der Waals surface area contributed by atoms with Gasteiger partial charge in [0, 0.05) is 36.3 Å². The summed E-state index contributed by atoms with van der Waals surface area (Å²) in [6, 6.07) is 8.03. The smallest absolute Gasteiger partial charge is 0.220 e. The molecule has 1 aromatic carbocycles. The molecule has 2 aromatic heterocycles. The van der Waals surface area contributed by atoms with Gasteiger partial charge < -0.3 is 10.1 Å². The number of nitrogens with one attached hydrogen (secondary N) is 1. The molecule has 1 saturated heterocycles. The van der Waals surface area contributed by atoms with Crippen molar-refractivity contribution >= 4 is 22.5 Å². The highest BCUT2D eigenvalue weighted by Gasteiger charge is 2.17. The summed E-state index contributed by atoms with van der Waals surface area (Å²) >= 11 is 0. The van der Waals surface area contributed by atoms with Gasteiger partial charge in [-0.05, 0) is 50.8 Å². The molecule has 0 spiro atoms. The topological polar surface area (TPSA) is 68.5 Å². The van der Waals surface area contributed by atoms with Gasteiger partial charge in [-0.1, -0.05) is 12.1 Å². The predicted molar refractivity (Wildman–Crippen MR) is 100 cm³/mol. The second kappa shape index (κ2) is 7.03. The van der Waals surface area contributed by atoms with E-state index in [0.717, 1.165) is 52.9 Å². The van der Waals surface area contributed by atoms with E-state index >= 15 is 0 Å². The van der Waals surface area contributed by atoms with E-state index in [-0.39, 0.29) is 12.0 Å². The number of nitrogens with zero attached hydrogens (tertiary/aromatic N) is 3. The van der Waals surface area contributed by atoms with Crippen LogP contribution in [-0.4, -0.2) is 39.8 Å². The van der Waals surface area contributed by atoms with Gasteiger partial charge in [0.1, 0.15) is 0 Å². The van der Waals surface area contributed by atoms with Crippen LogP contribution in [0.3, 0.4) is 0 Å². The number of aryl methyl sites for hydroxylation is 2. The Balaban J connectivity index is 1.50. The van der Waals surface area contributed by atoms with E-state index < -0.39 is 0 Å². The van der Waals surface area contributed by atoms with Crippen molar-refractivity contribution in [1.82, 2.24) is 19.9 Å². The van der Waals surface area contributed by atoms with E-state index in [2.05, 4.69) is 10.4 Å². The Bertz CT molecular complexity index is 957. The summed E-state index contributed by atoms with van der Waals surface area (Å²) in [6.45, 7) is 5.48. The third-order valence-corrected chi connectivity index (χ3v) is 5.17. The first-order valence-electron chi connectivity index (χ1n) is 9.25. The number of hydrogen-bond donors (Lipinski definition) is 1. The summed E-state index contributed by atoms with van der Waals surface area (Å²) < 4.78 is 7.45. The number of benzene rings is 1. The Morgan fingerprint density at radius 3 is 3.00 bits per heavy atom. The second-order valence-electron chi connectivity index (χ2n) is 6.95. The Labute approximate surface area is 152 Å². The average molecular weight is 352 g/mol. The maximum absolute atomic E-state index is 12.2. The summed E-state index contributed by atoms with van der Waals surface area (Å²) in [5.41, 5.74) is 4.93. The fraction of sp³-hybridized carbons (Fsp3) is 0.450. The van der Waals surface area contributed by atoms with Crippen molar-refractivity contribution in [3.8, 4) is 0 Å². The summed E-state index contributed by atoms with van der Waals surface area (Å²) in [5, 5.41) is 8.71. The highest BCUT2D eigenvalue weighted by molar-refractivity contribution is 5.92. The first-order valence-corrected chi connectivity index (χ1v) is 9.25. The highest BCUT2D eigenvalue weighted by atomic mass is 16.5. The van der Waals surface area contributed by atoms with Crippen molar-refractivity contribution in [2.24, 2.45) is 0 Å². The Kier molecular flexibility index (Phi) is 4.59. The highest BCUT2D eigenvalue weighted by Crippen LogP contribution is 2.22. The van der Waals surface area contributed by atoms with Gasteiger partial charge in [0.25, 0.3) is 0 Å². The molecule has 1 atom stereocenters. The molecule has 1 amide bonds. The number of carbonyl (C=O) groups excluding carboxylic acids is 1. The molecule has 136 valence electrons. The van der Waals surface area contributed by atoms with Crippen molar-refractivity contribution in [1.29, 1.82) is 0 Å². The molecule has 26 heavy (non-hydrogen) atoms. The second-order valence-corrected chi connectivity index (χ2v) is 6.95. The van der Waals surface area contributed by atoms with Crippen LogP contribution in [0.2, 0.25) is 0 Å². The Morgan fingerprint density at radius 2 is 2.19 bits per heavy atom. The average Bonchev–Trinajstić information content (AvgIpc) is 3.28. The molecule has 0 bridgehead atoms. The van der Waals surface area contributed by atoms with Gasteiger partial charge in [0.15, 0.2) is 5.65 Å². The van der Waals surface area contributed by atoms with Crippen LogP contribution in [0.25, 0.3) is 16.6 Å². The van der Waals surface area contributed by atoms with Crippen molar-refractivity contribution < 1.29 is 9.53 Å². The molecule has 0 saturated carbocycles. The molecule has 1 N–H and O–H groups in total. The SMILES string of the molecule is Cc1nc2c3ccccc3nn2c(C)c1CCC(=O)NC[C@H]1CCCO1. The molecule has 6 heteroatoms. The first-order chi connectivity index (χ1) is 12.6. The molecule has 3 heterocycles. The maximum atomic E-state index is 12.2. The van der Waals surface area contributed by atoms with Gasteiger partial charge in [-0.3, -0.25) is 4.79 Å². The van der Waals surface area contributed by atoms with Crippen LogP contribution in [0.15, 0.2) is 24.3 Å². The molecule has 0 unspecified atom stereocenters. The quantitative estimate of drug-likeness (QED) is 0.767. The van der Waals surface area contributed by atoms with Crippen molar-refractivity contribution in [2.75, 3.05) is 13.2 Å². The molecule has 1 aliphatic rings. The van der Waals surface area contributed by atoms with Crippen LogP contribution >= 0.6 is 0 Å². The fourth-order valence-electron chi connectivity index (χ4n) is 3.70. The minimum atomic E-state index is 0.0602. The molecule has 3 aromatic rings. The van der Waals surface area contributed by atoms with Crippen molar-refractivity contribution in [3.63, 3.8) is 0 Å². The van der Waals surface area contributed by atoms with Gasteiger partial charge in [-0.2, -0.15) is 5.10 Å². The van der Waals surface area contributed by atoms with Gasteiger partial charge in [-0.25, -0.2) is 9.50 Å². The van der Waals surface area contributed by atoms with E-state index in [4.69, 9.17) is 9.72 Å². The van der Waals surface area contributed by atoms with Gasteiger partial charge in [0.05, 0.1) is 11.6 Å². The summed E-state index contributed by atoms with van der Waals surface area (Å²) in [6.07, 6.45) is 3.41. The third-order valence-electron chi connectivity index (χ3n) is 5.17. The minimum absolute atomic E-state index is 0.0602. The van der Waals surface area contributed by atoms with Crippen molar-refractivity contribution in [3.05, 3.63) is 41.2 Å². The summed E-state index contributed by atoms with van der Waals surface area (Å²) in [5.74, 6) is 0.0602. The number of fused-ring (bicyclic) bond motifs is 3. The van der Waals surface area contributed by atoms with E-state index in [9.17, 15) is 4.79 Å². The molecule has 4 rings (SSSR count). The molecule has 0 radical (unpaired) electrons. The lowest BCUT2D eigenvalue weighted by molar-refractivity contribution is -0.121. The number of rotatable bonds is 5. The van der Waals surface area contributed by atoms with Gasteiger partial charge >= 0.3 is 0 Å².